The van der Waals surface area contributed by atoms with Crippen molar-refractivity contribution in [3.05, 3.63) is 132 Å². The molecule has 0 amide bonds. The first-order valence-corrected chi connectivity index (χ1v) is 14.5. The molecule has 0 spiro atoms. The van der Waals surface area contributed by atoms with Crippen molar-refractivity contribution >= 4 is 53.4 Å². The molecule has 4 heteroatoms. The van der Waals surface area contributed by atoms with E-state index in [1.165, 1.54) is 15.5 Å². The lowest BCUT2D eigenvalue weighted by Gasteiger charge is -2.17. The van der Waals surface area contributed by atoms with E-state index in [-0.39, 0.29) is 0 Å². The first-order valence-electron chi connectivity index (χ1n) is 13.6. The Kier molecular flexibility index (Phi) is 5.44. The number of benzene rings is 6. The van der Waals surface area contributed by atoms with Gasteiger partial charge >= 0.3 is 0 Å². The predicted molar refractivity (Wildman–Crippen MR) is 172 cm³/mol. The summed E-state index contributed by atoms with van der Waals surface area (Å²) in [5, 5.41) is 25.7. The number of para-hydroxylation sites is 1. The molecule has 0 saturated carbocycles. The highest BCUT2D eigenvalue weighted by Gasteiger charge is 2.24. The Bertz CT molecular complexity index is 2430. The van der Waals surface area contributed by atoms with E-state index < -0.39 is 0 Å². The van der Waals surface area contributed by atoms with Gasteiger partial charge in [-0.2, -0.15) is 10.5 Å². The minimum atomic E-state index is 0.474. The minimum Gasteiger partial charge on any atom is -0.456 e. The SMILES string of the molecule is N#Cc1c(-c2ccccc2)cc(-c2ccc3c(c2)sc2ccccc23)c(C#N)c1-c1cccc2oc3ccccc3c12. The smallest absolute Gasteiger partial charge is 0.136 e. The van der Waals surface area contributed by atoms with Gasteiger partial charge in [0.15, 0.2) is 0 Å². The lowest BCUT2D eigenvalue weighted by Crippen LogP contribution is -1.98. The van der Waals surface area contributed by atoms with Crippen molar-refractivity contribution in [2.45, 2.75) is 0 Å². The normalized spacial score (nSPS) is 11.3. The van der Waals surface area contributed by atoms with Crippen molar-refractivity contribution < 1.29 is 4.42 Å². The van der Waals surface area contributed by atoms with Crippen LogP contribution in [0.5, 0.6) is 0 Å². The molecule has 8 rings (SSSR count). The zero-order valence-corrected chi connectivity index (χ0v) is 23.1. The van der Waals surface area contributed by atoms with E-state index in [0.717, 1.165) is 54.5 Å². The largest absolute Gasteiger partial charge is 0.456 e. The van der Waals surface area contributed by atoms with Gasteiger partial charge < -0.3 is 4.42 Å². The average Bonchev–Trinajstić information content (AvgIpc) is 3.62. The maximum absolute atomic E-state index is 10.8. The molecule has 0 aliphatic carbocycles. The summed E-state index contributed by atoms with van der Waals surface area (Å²) in [6, 6.07) is 45.6. The third-order valence-corrected chi connectivity index (χ3v) is 9.13. The van der Waals surface area contributed by atoms with Gasteiger partial charge in [-0.3, -0.25) is 0 Å². The summed E-state index contributed by atoms with van der Waals surface area (Å²) in [6.07, 6.45) is 0. The summed E-state index contributed by atoms with van der Waals surface area (Å²) in [6.45, 7) is 0. The summed E-state index contributed by atoms with van der Waals surface area (Å²) in [4.78, 5) is 0. The van der Waals surface area contributed by atoms with Gasteiger partial charge in [0.05, 0.1) is 11.1 Å². The molecule has 0 fully saturated rings. The predicted octanol–water partition coefficient (Wildman–Crippen LogP) is 10.7. The van der Waals surface area contributed by atoms with E-state index in [1.54, 1.807) is 11.3 Å². The van der Waals surface area contributed by atoms with Crippen molar-refractivity contribution in [3.63, 3.8) is 0 Å². The Balaban J connectivity index is 1.51. The number of rotatable bonds is 3. The number of thiophene rings is 1. The van der Waals surface area contributed by atoms with Crippen LogP contribution in [0.4, 0.5) is 0 Å². The van der Waals surface area contributed by atoms with E-state index in [4.69, 9.17) is 4.42 Å². The van der Waals surface area contributed by atoms with Gasteiger partial charge in [0, 0.05) is 47.6 Å². The van der Waals surface area contributed by atoms with Gasteiger partial charge in [0.2, 0.25) is 0 Å². The third kappa shape index (κ3) is 3.57. The fourth-order valence-electron chi connectivity index (χ4n) is 6.13. The number of furan rings is 1. The molecular weight excluding hydrogens is 532 g/mol. The number of hydrogen-bond donors (Lipinski definition) is 0. The average molecular weight is 553 g/mol. The molecule has 194 valence electrons. The van der Waals surface area contributed by atoms with Crippen LogP contribution in [0.3, 0.4) is 0 Å². The quantitative estimate of drug-likeness (QED) is 0.219. The number of fused-ring (bicyclic) bond motifs is 6. The van der Waals surface area contributed by atoms with Crippen LogP contribution in [-0.2, 0) is 0 Å². The number of nitrogens with zero attached hydrogens (tertiary/aromatic N) is 2. The lowest BCUT2D eigenvalue weighted by molar-refractivity contribution is 0.669. The van der Waals surface area contributed by atoms with Crippen LogP contribution in [0.15, 0.2) is 126 Å². The Morgan fingerprint density at radius 3 is 1.98 bits per heavy atom. The van der Waals surface area contributed by atoms with Crippen LogP contribution in [0.1, 0.15) is 11.1 Å². The highest BCUT2D eigenvalue weighted by Crippen LogP contribution is 2.46. The zero-order chi connectivity index (χ0) is 28.2. The molecule has 8 aromatic rings. The standard InChI is InChI=1S/C38H20N2OS/c39-21-31-29(23-9-2-1-3-10-23)20-30(24-17-18-26-25-11-5-7-16-35(25)42-36(26)19-24)32(22-40)37(31)28-13-8-15-34-38(28)27-12-4-6-14-33(27)41-34/h1-20H. The molecular formula is C38H20N2OS. The van der Waals surface area contributed by atoms with Gasteiger partial charge in [-0.15, -0.1) is 11.3 Å². The van der Waals surface area contributed by atoms with Crippen LogP contribution < -0.4 is 0 Å². The van der Waals surface area contributed by atoms with E-state index in [9.17, 15) is 10.5 Å². The summed E-state index contributed by atoms with van der Waals surface area (Å²) in [5.41, 5.74) is 7.35. The molecule has 0 bridgehead atoms. The van der Waals surface area contributed by atoms with Gasteiger partial charge in [-0.25, -0.2) is 0 Å². The van der Waals surface area contributed by atoms with Crippen LogP contribution in [0.2, 0.25) is 0 Å². The van der Waals surface area contributed by atoms with E-state index in [2.05, 4.69) is 54.6 Å². The van der Waals surface area contributed by atoms with Crippen LogP contribution in [-0.4, -0.2) is 0 Å². The van der Waals surface area contributed by atoms with Crippen LogP contribution in [0.25, 0.3) is 75.5 Å². The monoisotopic (exact) mass is 552 g/mol. The maximum atomic E-state index is 10.8. The fraction of sp³-hybridized carbons (Fsp3) is 0. The second-order valence-corrected chi connectivity index (χ2v) is 11.4. The van der Waals surface area contributed by atoms with Gasteiger partial charge in [-0.1, -0.05) is 91.0 Å². The minimum absolute atomic E-state index is 0.474. The lowest BCUT2D eigenvalue weighted by atomic mass is 9.83. The molecule has 0 unspecified atom stereocenters. The topological polar surface area (TPSA) is 60.7 Å². The molecule has 6 aromatic carbocycles. The Morgan fingerprint density at radius 1 is 0.500 bits per heavy atom. The Hall–Kier alpha value is -5.68. The molecule has 0 aliphatic rings. The molecule has 2 aromatic heterocycles. The zero-order valence-electron chi connectivity index (χ0n) is 22.3. The van der Waals surface area contributed by atoms with Gasteiger partial charge in [0.1, 0.15) is 23.3 Å². The highest BCUT2D eigenvalue weighted by molar-refractivity contribution is 7.25. The summed E-state index contributed by atoms with van der Waals surface area (Å²) in [7, 11) is 0. The summed E-state index contributed by atoms with van der Waals surface area (Å²) >= 11 is 1.75. The molecule has 2 heterocycles. The first-order chi connectivity index (χ1) is 20.7. The molecule has 0 saturated heterocycles. The second kappa shape index (κ2) is 9.46. The molecule has 0 N–H and O–H groups in total. The maximum Gasteiger partial charge on any atom is 0.136 e. The number of nitriles is 2. The fourth-order valence-corrected chi connectivity index (χ4v) is 7.28. The summed E-state index contributed by atoms with van der Waals surface area (Å²) in [5.74, 6) is 0. The van der Waals surface area contributed by atoms with E-state index in [0.29, 0.717) is 16.7 Å². The van der Waals surface area contributed by atoms with Gasteiger partial charge in [-0.05, 0) is 47.0 Å². The van der Waals surface area contributed by atoms with Crippen molar-refractivity contribution in [3.8, 4) is 45.5 Å². The summed E-state index contributed by atoms with van der Waals surface area (Å²) < 4.78 is 8.59. The van der Waals surface area contributed by atoms with Crippen LogP contribution >= 0.6 is 11.3 Å². The first kappa shape index (κ1) is 24.1. The van der Waals surface area contributed by atoms with Crippen molar-refractivity contribution in [2.24, 2.45) is 0 Å². The van der Waals surface area contributed by atoms with Crippen molar-refractivity contribution in [2.75, 3.05) is 0 Å². The molecule has 0 atom stereocenters. The van der Waals surface area contributed by atoms with Crippen molar-refractivity contribution in [1.82, 2.24) is 0 Å². The van der Waals surface area contributed by atoms with Gasteiger partial charge in [0.25, 0.3) is 0 Å². The van der Waals surface area contributed by atoms with E-state index in [1.807, 2.05) is 78.9 Å². The molecule has 0 aliphatic heterocycles. The Labute approximate surface area is 245 Å². The highest BCUT2D eigenvalue weighted by atomic mass is 32.1. The van der Waals surface area contributed by atoms with E-state index >= 15 is 0 Å². The second-order valence-electron chi connectivity index (χ2n) is 10.3. The number of hydrogen-bond acceptors (Lipinski definition) is 4. The molecule has 0 radical (unpaired) electrons. The third-order valence-electron chi connectivity index (χ3n) is 8.00. The van der Waals surface area contributed by atoms with Crippen LogP contribution in [0, 0.1) is 22.7 Å². The molecule has 42 heavy (non-hydrogen) atoms. The Morgan fingerprint density at radius 2 is 1.17 bits per heavy atom. The van der Waals surface area contributed by atoms with Crippen molar-refractivity contribution in [1.29, 1.82) is 10.5 Å². The molecule has 3 nitrogen and oxygen atoms in total.